The SMILES string of the molecule is CCS(=O)(=O)Nc1cc(C(=O)N[C@@H](Cc2ccccc2)[C@H](O)CNCc2nc3ccccc3[nH]2)cc(C(=O)N[C@H](C)c2ccccc2)c1. The molecule has 3 atom stereocenters. The van der Waals surface area contributed by atoms with Gasteiger partial charge in [-0.1, -0.05) is 72.8 Å². The van der Waals surface area contributed by atoms with Crippen LogP contribution < -0.4 is 20.7 Å². The molecule has 0 spiro atoms. The Morgan fingerprint density at radius 1 is 0.854 bits per heavy atom. The van der Waals surface area contributed by atoms with Gasteiger partial charge >= 0.3 is 0 Å². The minimum atomic E-state index is -3.71. The highest BCUT2D eigenvalue weighted by molar-refractivity contribution is 7.92. The summed E-state index contributed by atoms with van der Waals surface area (Å²) >= 11 is 0. The Balaban J connectivity index is 1.35. The number of rotatable bonds is 15. The second kappa shape index (κ2) is 15.7. The van der Waals surface area contributed by atoms with Crippen LogP contribution in [0.1, 0.15) is 57.6 Å². The molecule has 250 valence electrons. The zero-order valence-corrected chi connectivity index (χ0v) is 27.6. The van der Waals surface area contributed by atoms with E-state index in [1.54, 1.807) is 0 Å². The largest absolute Gasteiger partial charge is 0.390 e. The van der Waals surface area contributed by atoms with Gasteiger partial charge in [0.1, 0.15) is 5.82 Å². The van der Waals surface area contributed by atoms with E-state index in [-0.39, 0.29) is 35.2 Å². The van der Waals surface area contributed by atoms with Gasteiger partial charge in [-0.3, -0.25) is 14.3 Å². The number of aliphatic hydroxyl groups is 1. The molecule has 0 aliphatic carbocycles. The Kier molecular flexibility index (Phi) is 11.2. The lowest BCUT2D eigenvalue weighted by atomic mass is 10.00. The number of amides is 2. The predicted octanol–water partition coefficient (Wildman–Crippen LogP) is 4.31. The van der Waals surface area contributed by atoms with Crippen molar-refractivity contribution in [1.29, 1.82) is 0 Å². The third-order valence-electron chi connectivity index (χ3n) is 7.92. The summed E-state index contributed by atoms with van der Waals surface area (Å²) in [4.78, 5) is 35.0. The fourth-order valence-electron chi connectivity index (χ4n) is 5.28. The van der Waals surface area contributed by atoms with Crippen molar-refractivity contribution in [2.45, 2.75) is 45.0 Å². The van der Waals surface area contributed by atoms with Crippen molar-refractivity contribution in [1.82, 2.24) is 25.9 Å². The normalized spacial score (nSPS) is 13.4. The number of sulfonamides is 1. The molecule has 0 bridgehead atoms. The zero-order chi connectivity index (χ0) is 34.1. The van der Waals surface area contributed by atoms with Gasteiger partial charge in [-0.25, -0.2) is 13.4 Å². The van der Waals surface area contributed by atoms with Crippen LogP contribution in [0.4, 0.5) is 5.69 Å². The third kappa shape index (κ3) is 9.28. The number of carbonyl (C=O) groups is 2. The minimum Gasteiger partial charge on any atom is -0.390 e. The van der Waals surface area contributed by atoms with E-state index in [9.17, 15) is 23.1 Å². The van der Waals surface area contributed by atoms with Crippen LogP contribution in [0.25, 0.3) is 11.0 Å². The molecule has 0 saturated heterocycles. The van der Waals surface area contributed by atoms with E-state index in [0.29, 0.717) is 18.8 Å². The standard InChI is InChI=1S/C36H40N6O5S/c1-3-48(46,47)42-29-20-27(35(44)38-24(2)26-14-8-5-9-15-26)19-28(21-29)36(45)41-32(18-25-12-6-4-7-13-25)33(43)22-37-23-34-39-30-16-10-11-17-31(30)40-34/h4-17,19-21,24,32-33,37,42-43H,3,18,22-23H2,1-2H3,(H,38,44)(H,39,40)(H,41,45)/t24-,32+,33-/m1/s1. The van der Waals surface area contributed by atoms with Crippen LogP contribution >= 0.6 is 0 Å². The molecule has 4 aromatic carbocycles. The maximum absolute atomic E-state index is 13.8. The maximum atomic E-state index is 13.8. The van der Waals surface area contributed by atoms with Crippen molar-refractivity contribution >= 4 is 38.6 Å². The lowest BCUT2D eigenvalue weighted by Gasteiger charge is -2.25. The molecule has 1 heterocycles. The van der Waals surface area contributed by atoms with Crippen molar-refractivity contribution in [3.05, 3.63) is 131 Å². The van der Waals surface area contributed by atoms with Gasteiger partial charge in [0.2, 0.25) is 10.0 Å². The molecule has 0 aliphatic heterocycles. The number of hydrogen-bond acceptors (Lipinski definition) is 7. The number of nitrogens with one attached hydrogen (secondary N) is 5. The van der Waals surface area contributed by atoms with Gasteiger partial charge in [0.05, 0.1) is 47.2 Å². The summed E-state index contributed by atoms with van der Waals surface area (Å²) in [6, 6.07) is 29.7. The molecule has 12 heteroatoms. The molecule has 0 aliphatic rings. The molecule has 5 aromatic rings. The summed E-state index contributed by atoms with van der Waals surface area (Å²) in [7, 11) is -3.71. The molecular formula is C36H40N6O5S. The number of carbonyl (C=O) groups excluding carboxylic acids is 2. The molecule has 0 fully saturated rings. The molecule has 1 aromatic heterocycles. The number of H-pyrrole nitrogens is 1. The molecule has 48 heavy (non-hydrogen) atoms. The Bertz CT molecular complexity index is 1920. The van der Waals surface area contributed by atoms with Crippen LogP contribution in [-0.4, -0.2) is 59.8 Å². The van der Waals surface area contributed by atoms with E-state index in [4.69, 9.17) is 0 Å². The Morgan fingerprint density at radius 3 is 2.15 bits per heavy atom. The Hall–Kier alpha value is -5.04. The van der Waals surface area contributed by atoms with Gasteiger partial charge in [-0.05, 0) is 61.7 Å². The average Bonchev–Trinajstić information content (AvgIpc) is 3.51. The monoisotopic (exact) mass is 668 g/mol. The average molecular weight is 669 g/mol. The van der Waals surface area contributed by atoms with E-state index in [1.807, 2.05) is 91.9 Å². The Morgan fingerprint density at radius 2 is 1.48 bits per heavy atom. The first-order valence-corrected chi connectivity index (χ1v) is 17.4. The van der Waals surface area contributed by atoms with E-state index in [0.717, 1.165) is 22.2 Å². The van der Waals surface area contributed by atoms with Gasteiger partial charge in [-0.15, -0.1) is 0 Å². The number of fused-ring (bicyclic) bond motifs is 1. The second-order valence-corrected chi connectivity index (χ2v) is 13.6. The van der Waals surface area contributed by atoms with Crippen molar-refractivity contribution in [2.75, 3.05) is 17.0 Å². The summed E-state index contributed by atoms with van der Waals surface area (Å²) in [6.07, 6.45) is -0.681. The second-order valence-electron chi connectivity index (χ2n) is 11.6. The van der Waals surface area contributed by atoms with Crippen LogP contribution in [0, 0.1) is 0 Å². The molecule has 0 saturated carbocycles. The molecule has 0 radical (unpaired) electrons. The molecule has 2 amide bonds. The van der Waals surface area contributed by atoms with Gasteiger partial charge in [-0.2, -0.15) is 0 Å². The quantitative estimate of drug-likeness (QED) is 0.0968. The van der Waals surface area contributed by atoms with Gasteiger partial charge in [0.25, 0.3) is 11.8 Å². The fourth-order valence-corrected chi connectivity index (χ4v) is 5.90. The van der Waals surface area contributed by atoms with E-state index >= 15 is 0 Å². The smallest absolute Gasteiger partial charge is 0.251 e. The molecular weight excluding hydrogens is 628 g/mol. The summed E-state index contributed by atoms with van der Waals surface area (Å²) < 4.78 is 27.4. The van der Waals surface area contributed by atoms with Crippen LogP contribution in [0.3, 0.4) is 0 Å². The summed E-state index contributed by atoms with van der Waals surface area (Å²) in [5, 5.41) is 20.4. The topological polar surface area (TPSA) is 165 Å². The number of para-hydroxylation sites is 2. The summed E-state index contributed by atoms with van der Waals surface area (Å²) in [5.41, 5.74) is 3.79. The first-order chi connectivity index (χ1) is 23.1. The number of aromatic nitrogens is 2. The first-order valence-electron chi connectivity index (χ1n) is 15.8. The number of hydrogen-bond donors (Lipinski definition) is 6. The van der Waals surface area contributed by atoms with Crippen LogP contribution in [0.2, 0.25) is 0 Å². The lowest BCUT2D eigenvalue weighted by molar-refractivity contribution is 0.0829. The van der Waals surface area contributed by atoms with Crippen LogP contribution in [0.5, 0.6) is 0 Å². The van der Waals surface area contributed by atoms with Gasteiger partial charge in [0, 0.05) is 17.7 Å². The number of nitrogens with zero attached hydrogens (tertiary/aromatic N) is 1. The lowest BCUT2D eigenvalue weighted by Crippen LogP contribution is -2.48. The van der Waals surface area contributed by atoms with E-state index in [2.05, 4.69) is 30.6 Å². The molecule has 11 nitrogen and oxygen atoms in total. The zero-order valence-electron chi connectivity index (χ0n) is 26.8. The summed E-state index contributed by atoms with van der Waals surface area (Å²) in [6.45, 7) is 3.85. The van der Waals surface area contributed by atoms with Crippen molar-refractivity contribution in [3.63, 3.8) is 0 Å². The van der Waals surface area contributed by atoms with Crippen LogP contribution in [0.15, 0.2) is 103 Å². The number of benzene rings is 4. The maximum Gasteiger partial charge on any atom is 0.251 e. The fraction of sp³-hybridized carbons (Fsp3) is 0.250. The molecule has 0 unspecified atom stereocenters. The van der Waals surface area contributed by atoms with Crippen LogP contribution in [-0.2, 0) is 23.0 Å². The Labute approximate surface area is 280 Å². The summed E-state index contributed by atoms with van der Waals surface area (Å²) in [5.74, 6) is -0.531. The predicted molar refractivity (Wildman–Crippen MR) is 187 cm³/mol. The van der Waals surface area contributed by atoms with E-state index in [1.165, 1.54) is 25.1 Å². The van der Waals surface area contributed by atoms with Gasteiger partial charge in [0.15, 0.2) is 0 Å². The third-order valence-corrected chi connectivity index (χ3v) is 9.23. The molecule has 5 rings (SSSR count). The van der Waals surface area contributed by atoms with Crippen molar-refractivity contribution in [3.8, 4) is 0 Å². The molecule has 6 N–H and O–H groups in total. The number of anilines is 1. The highest BCUT2D eigenvalue weighted by Gasteiger charge is 2.24. The number of aliphatic hydroxyl groups excluding tert-OH is 1. The highest BCUT2D eigenvalue weighted by atomic mass is 32.2. The minimum absolute atomic E-state index is 0.0595. The number of aromatic amines is 1. The van der Waals surface area contributed by atoms with Crippen molar-refractivity contribution in [2.24, 2.45) is 0 Å². The van der Waals surface area contributed by atoms with Crippen molar-refractivity contribution < 1.29 is 23.1 Å². The van der Waals surface area contributed by atoms with Gasteiger partial charge < -0.3 is 26.0 Å². The highest BCUT2D eigenvalue weighted by Crippen LogP contribution is 2.20. The number of imidazole rings is 1. The first kappa shape index (κ1) is 34.3. The van der Waals surface area contributed by atoms with E-state index < -0.39 is 34.0 Å².